The first-order chi connectivity index (χ1) is 10.3. The highest BCUT2D eigenvalue weighted by Gasteiger charge is 2.40. The first kappa shape index (κ1) is 12.8. The van der Waals surface area contributed by atoms with Crippen molar-refractivity contribution in [2.75, 3.05) is 24.3 Å². The molecule has 2 aliphatic rings. The largest absolute Gasteiger partial charge is 0.376 e. The minimum atomic E-state index is 0.344. The Morgan fingerprint density at radius 2 is 2.00 bits per heavy atom. The van der Waals surface area contributed by atoms with Crippen molar-refractivity contribution in [3.63, 3.8) is 0 Å². The highest BCUT2D eigenvalue weighted by molar-refractivity contribution is 5.90. The van der Waals surface area contributed by atoms with Gasteiger partial charge in [0, 0.05) is 19.0 Å². The second-order valence-corrected chi connectivity index (χ2v) is 5.88. The van der Waals surface area contributed by atoms with Gasteiger partial charge in [0.15, 0.2) is 0 Å². The number of para-hydroxylation sites is 1. The Bertz CT molecular complexity index is 656. The summed E-state index contributed by atoms with van der Waals surface area (Å²) in [5, 5.41) is 7.72. The summed E-state index contributed by atoms with van der Waals surface area (Å²) < 4.78 is 5.91. The molecule has 0 radical (unpaired) electrons. The van der Waals surface area contributed by atoms with Crippen LogP contribution >= 0.6 is 0 Å². The number of ether oxygens (including phenoxy) is 1. The van der Waals surface area contributed by atoms with Gasteiger partial charge in [0.2, 0.25) is 5.95 Å². The number of hydrogen-bond acceptors (Lipinski definition) is 5. The van der Waals surface area contributed by atoms with E-state index >= 15 is 0 Å². The third-order valence-electron chi connectivity index (χ3n) is 4.37. The molecule has 2 heterocycles. The lowest BCUT2D eigenvalue weighted by Crippen LogP contribution is -2.31. The summed E-state index contributed by atoms with van der Waals surface area (Å²) in [5.74, 6) is 2.30. The first-order valence-corrected chi connectivity index (χ1v) is 7.68. The minimum absolute atomic E-state index is 0.344. The van der Waals surface area contributed by atoms with Crippen molar-refractivity contribution in [3.8, 4) is 0 Å². The molecule has 0 bridgehead atoms. The van der Waals surface area contributed by atoms with Crippen LogP contribution in [0, 0.1) is 5.92 Å². The number of nitrogens with one attached hydrogen (secondary N) is 2. The summed E-state index contributed by atoms with van der Waals surface area (Å²) >= 11 is 0. The van der Waals surface area contributed by atoms with Crippen LogP contribution in [0.1, 0.15) is 19.3 Å². The van der Waals surface area contributed by atoms with Crippen molar-refractivity contribution in [3.05, 3.63) is 24.3 Å². The average molecular weight is 284 g/mol. The summed E-state index contributed by atoms with van der Waals surface area (Å²) in [6, 6.07) is 8.48. The zero-order valence-electron chi connectivity index (χ0n) is 12.2. The molecule has 1 aliphatic heterocycles. The number of fused-ring (bicyclic) bond motifs is 1. The van der Waals surface area contributed by atoms with E-state index in [0.29, 0.717) is 18.1 Å². The molecule has 1 aromatic heterocycles. The molecule has 0 amide bonds. The average Bonchev–Trinajstić information content (AvgIpc) is 3.27. The Balaban J connectivity index is 1.68. The lowest BCUT2D eigenvalue weighted by Gasteiger charge is -2.21. The second kappa shape index (κ2) is 5.15. The molecule has 2 unspecified atom stereocenters. The fraction of sp³-hybridized carbons (Fsp3) is 0.500. The lowest BCUT2D eigenvalue weighted by atomic mass is 10.1. The minimum Gasteiger partial charge on any atom is -0.376 e. The monoisotopic (exact) mass is 284 g/mol. The van der Waals surface area contributed by atoms with E-state index in [4.69, 9.17) is 4.74 Å². The smallest absolute Gasteiger partial charge is 0.224 e. The molecule has 0 spiro atoms. The first-order valence-electron chi connectivity index (χ1n) is 7.68. The van der Waals surface area contributed by atoms with E-state index in [1.807, 2.05) is 25.2 Å². The van der Waals surface area contributed by atoms with Crippen molar-refractivity contribution in [1.29, 1.82) is 0 Å². The van der Waals surface area contributed by atoms with E-state index in [9.17, 15) is 0 Å². The molecule has 2 aromatic rings. The van der Waals surface area contributed by atoms with Gasteiger partial charge in [-0.1, -0.05) is 12.1 Å². The third kappa shape index (κ3) is 2.42. The van der Waals surface area contributed by atoms with Crippen LogP contribution in [0.25, 0.3) is 10.9 Å². The van der Waals surface area contributed by atoms with E-state index < -0.39 is 0 Å². The van der Waals surface area contributed by atoms with Gasteiger partial charge in [-0.3, -0.25) is 0 Å². The lowest BCUT2D eigenvalue weighted by molar-refractivity contribution is 0.0898. The molecule has 2 atom stereocenters. The number of nitrogens with zero attached hydrogens (tertiary/aromatic N) is 2. The fourth-order valence-electron chi connectivity index (χ4n) is 3.13. The maximum atomic E-state index is 5.91. The Hall–Kier alpha value is -1.88. The molecule has 1 aliphatic carbocycles. The Labute approximate surface area is 124 Å². The number of anilines is 2. The number of rotatable bonds is 4. The van der Waals surface area contributed by atoms with E-state index in [0.717, 1.165) is 35.7 Å². The molecule has 4 rings (SSSR count). The topological polar surface area (TPSA) is 59.1 Å². The van der Waals surface area contributed by atoms with Gasteiger partial charge in [-0.05, 0) is 37.3 Å². The number of hydrogen-bond donors (Lipinski definition) is 2. The van der Waals surface area contributed by atoms with Gasteiger partial charge in [0.05, 0.1) is 17.7 Å². The van der Waals surface area contributed by atoms with Crippen molar-refractivity contribution in [2.45, 2.75) is 31.4 Å². The molecule has 2 N–H and O–H groups in total. The van der Waals surface area contributed by atoms with Gasteiger partial charge in [-0.15, -0.1) is 0 Å². The van der Waals surface area contributed by atoms with Crippen molar-refractivity contribution in [2.24, 2.45) is 5.92 Å². The standard InChI is InChI=1S/C16H20N4O/c1-17-16-19-12-5-3-2-4-11(12)15(20-16)18-13-8-9-21-14(13)10-6-7-10/h2-5,10,13-14H,6-9H2,1H3,(H2,17,18,19,20). The number of aromatic nitrogens is 2. The molecule has 2 fully saturated rings. The van der Waals surface area contributed by atoms with E-state index in [2.05, 4.69) is 26.7 Å². The van der Waals surface area contributed by atoms with Gasteiger partial charge in [-0.2, -0.15) is 4.98 Å². The summed E-state index contributed by atoms with van der Waals surface area (Å²) in [6.45, 7) is 0.848. The highest BCUT2D eigenvalue weighted by atomic mass is 16.5. The molecule has 5 nitrogen and oxygen atoms in total. The normalized spacial score (nSPS) is 25.2. The summed E-state index contributed by atoms with van der Waals surface area (Å²) in [7, 11) is 1.85. The summed E-state index contributed by atoms with van der Waals surface area (Å²) in [4.78, 5) is 9.11. The van der Waals surface area contributed by atoms with Crippen molar-refractivity contribution < 1.29 is 4.74 Å². The van der Waals surface area contributed by atoms with Crippen LogP contribution < -0.4 is 10.6 Å². The van der Waals surface area contributed by atoms with Gasteiger partial charge >= 0.3 is 0 Å². The number of benzene rings is 1. The summed E-state index contributed by atoms with van der Waals surface area (Å²) in [5.41, 5.74) is 0.959. The zero-order chi connectivity index (χ0) is 14.2. The van der Waals surface area contributed by atoms with Gasteiger partial charge in [0.1, 0.15) is 5.82 Å². The van der Waals surface area contributed by atoms with Crippen LogP contribution in [0.15, 0.2) is 24.3 Å². The molecular formula is C16H20N4O. The predicted molar refractivity (Wildman–Crippen MR) is 83.6 cm³/mol. The molecule has 1 saturated carbocycles. The van der Waals surface area contributed by atoms with Crippen LogP contribution in [0.4, 0.5) is 11.8 Å². The van der Waals surface area contributed by atoms with Crippen molar-refractivity contribution in [1.82, 2.24) is 9.97 Å². The zero-order valence-corrected chi connectivity index (χ0v) is 12.2. The van der Waals surface area contributed by atoms with E-state index in [1.54, 1.807) is 0 Å². The molecule has 5 heteroatoms. The van der Waals surface area contributed by atoms with Gasteiger partial charge in [-0.25, -0.2) is 4.98 Å². The Morgan fingerprint density at radius 1 is 1.14 bits per heavy atom. The Morgan fingerprint density at radius 3 is 2.81 bits per heavy atom. The quantitative estimate of drug-likeness (QED) is 0.904. The van der Waals surface area contributed by atoms with Crippen LogP contribution in [0.3, 0.4) is 0 Å². The maximum absolute atomic E-state index is 5.91. The van der Waals surface area contributed by atoms with E-state index in [1.165, 1.54) is 12.8 Å². The van der Waals surface area contributed by atoms with Gasteiger partial charge in [0.25, 0.3) is 0 Å². The van der Waals surface area contributed by atoms with Crippen LogP contribution in [-0.2, 0) is 4.74 Å². The molecular weight excluding hydrogens is 264 g/mol. The molecule has 21 heavy (non-hydrogen) atoms. The predicted octanol–water partition coefficient (Wildman–Crippen LogP) is 2.65. The van der Waals surface area contributed by atoms with Crippen LogP contribution in [0.5, 0.6) is 0 Å². The molecule has 1 saturated heterocycles. The van der Waals surface area contributed by atoms with Crippen LogP contribution in [0.2, 0.25) is 0 Å². The van der Waals surface area contributed by atoms with Crippen LogP contribution in [-0.4, -0.2) is 35.8 Å². The third-order valence-corrected chi connectivity index (χ3v) is 4.37. The fourth-order valence-corrected chi connectivity index (χ4v) is 3.13. The SMILES string of the molecule is CNc1nc(NC2CCOC2C2CC2)c2ccccc2n1. The van der Waals surface area contributed by atoms with Gasteiger partial charge < -0.3 is 15.4 Å². The second-order valence-electron chi connectivity index (χ2n) is 5.88. The van der Waals surface area contributed by atoms with Crippen molar-refractivity contribution >= 4 is 22.7 Å². The highest BCUT2D eigenvalue weighted by Crippen LogP contribution is 2.40. The Kier molecular flexibility index (Phi) is 3.15. The molecule has 110 valence electrons. The summed E-state index contributed by atoms with van der Waals surface area (Å²) in [6.07, 6.45) is 4.00. The molecule has 1 aromatic carbocycles. The van der Waals surface area contributed by atoms with E-state index in [-0.39, 0.29) is 0 Å². The maximum Gasteiger partial charge on any atom is 0.224 e.